The van der Waals surface area contributed by atoms with Crippen LogP contribution in [0.5, 0.6) is 0 Å². The maximum absolute atomic E-state index is 13.0. The first kappa shape index (κ1) is 17.8. The summed E-state index contributed by atoms with van der Waals surface area (Å²) in [5.74, 6) is -0.222. The highest BCUT2D eigenvalue weighted by atomic mass is 35.5. The molecule has 0 bridgehead atoms. The van der Waals surface area contributed by atoms with E-state index in [9.17, 15) is 13.2 Å². The van der Waals surface area contributed by atoms with Gasteiger partial charge >= 0.3 is 0 Å². The van der Waals surface area contributed by atoms with Crippen molar-refractivity contribution in [2.24, 2.45) is 0 Å². The van der Waals surface area contributed by atoms with Crippen molar-refractivity contribution in [1.82, 2.24) is 0 Å². The number of fused-ring (bicyclic) bond motifs is 1. The Labute approximate surface area is 152 Å². The zero-order valence-corrected chi connectivity index (χ0v) is 15.6. The summed E-state index contributed by atoms with van der Waals surface area (Å²) in [5.41, 5.74) is 1.82. The van der Waals surface area contributed by atoms with Crippen LogP contribution in [-0.2, 0) is 20.6 Å². The van der Waals surface area contributed by atoms with Crippen molar-refractivity contribution >= 4 is 38.9 Å². The fraction of sp³-hybridized carbons (Fsp3) is 0.278. The van der Waals surface area contributed by atoms with E-state index in [0.717, 1.165) is 0 Å². The van der Waals surface area contributed by atoms with Crippen molar-refractivity contribution in [2.75, 3.05) is 15.7 Å². The number of sulfonamides is 1. The molecule has 5 nitrogen and oxygen atoms in total. The van der Waals surface area contributed by atoms with E-state index in [-0.39, 0.29) is 24.2 Å². The normalized spacial score (nSPS) is 17.3. The van der Waals surface area contributed by atoms with Gasteiger partial charge in [-0.25, -0.2) is 8.42 Å². The molecule has 0 saturated carbocycles. The van der Waals surface area contributed by atoms with Crippen molar-refractivity contribution < 1.29 is 13.2 Å². The van der Waals surface area contributed by atoms with Crippen molar-refractivity contribution in [3.05, 3.63) is 59.1 Å². The van der Waals surface area contributed by atoms with Crippen molar-refractivity contribution in [3.8, 4) is 0 Å². The van der Waals surface area contributed by atoms with Crippen LogP contribution in [0.1, 0.15) is 19.4 Å². The predicted molar refractivity (Wildman–Crippen MR) is 100 cm³/mol. The zero-order chi connectivity index (χ0) is 18.2. The molecule has 0 saturated heterocycles. The molecule has 25 heavy (non-hydrogen) atoms. The van der Waals surface area contributed by atoms with Gasteiger partial charge in [-0.2, -0.15) is 0 Å². The number of halogens is 1. The topological polar surface area (TPSA) is 57.7 Å². The molecule has 1 aliphatic rings. The molecule has 0 spiro atoms. The molecular weight excluding hydrogens is 360 g/mol. The largest absolute Gasteiger partial charge is 0.306 e. The Hall–Kier alpha value is -2.05. The van der Waals surface area contributed by atoms with E-state index < -0.39 is 10.0 Å². The lowest BCUT2D eigenvalue weighted by molar-refractivity contribution is -0.117. The lowest BCUT2D eigenvalue weighted by Gasteiger charge is -2.41. The van der Waals surface area contributed by atoms with Crippen LogP contribution in [-0.4, -0.2) is 26.9 Å². The standard InChI is InChI=1S/C18H19ClN2O3S/c1-13-11-20(17-5-3-4-6-18(17)21(13)14(2)22)25(23,24)12-15-7-9-16(19)10-8-15/h3-10,13H,11-12H2,1-2H3. The number of para-hydroxylation sites is 2. The van der Waals surface area contributed by atoms with E-state index in [1.54, 1.807) is 53.4 Å². The highest BCUT2D eigenvalue weighted by Gasteiger charge is 2.35. The molecule has 1 unspecified atom stereocenters. The zero-order valence-electron chi connectivity index (χ0n) is 14.0. The molecule has 0 aromatic heterocycles. The quantitative estimate of drug-likeness (QED) is 0.822. The number of rotatable bonds is 3. The Morgan fingerprint density at radius 3 is 2.32 bits per heavy atom. The third-order valence-electron chi connectivity index (χ3n) is 4.22. The number of amides is 1. The molecule has 1 amide bonds. The molecule has 2 aromatic carbocycles. The molecule has 0 N–H and O–H groups in total. The number of hydrogen-bond donors (Lipinski definition) is 0. The van der Waals surface area contributed by atoms with Crippen LogP contribution in [0.4, 0.5) is 11.4 Å². The van der Waals surface area contributed by atoms with Crippen LogP contribution in [0.25, 0.3) is 0 Å². The summed E-state index contributed by atoms with van der Waals surface area (Å²) in [5, 5.41) is 0.565. The Morgan fingerprint density at radius 2 is 1.72 bits per heavy atom. The summed E-state index contributed by atoms with van der Waals surface area (Å²) >= 11 is 5.87. The highest BCUT2D eigenvalue weighted by molar-refractivity contribution is 7.92. The minimum atomic E-state index is -3.59. The monoisotopic (exact) mass is 378 g/mol. The van der Waals surface area contributed by atoms with Crippen LogP contribution in [0.2, 0.25) is 5.02 Å². The van der Waals surface area contributed by atoms with Crippen LogP contribution in [0.3, 0.4) is 0 Å². The van der Waals surface area contributed by atoms with Gasteiger partial charge in [0.2, 0.25) is 15.9 Å². The summed E-state index contributed by atoms with van der Waals surface area (Å²) in [6.45, 7) is 3.57. The van der Waals surface area contributed by atoms with Gasteiger partial charge in [0.1, 0.15) is 0 Å². The summed E-state index contributed by atoms with van der Waals surface area (Å²) < 4.78 is 27.4. The minimum Gasteiger partial charge on any atom is -0.306 e. The lowest BCUT2D eigenvalue weighted by atomic mass is 10.1. The van der Waals surface area contributed by atoms with Gasteiger partial charge in [0.05, 0.1) is 29.7 Å². The summed E-state index contributed by atoms with van der Waals surface area (Å²) in [4.78, 5) is 13.6. The molecule has 0 fully saturated rings. The van der Waals surface area contributed by atoms with E-state index >= 15 is 0 Å². The number of carbonyl (C=O) groups is 1. The minimum absolute atomic E-state index is 0.102. The van der Waals surface area contributed by atoms with Crippen LogP contribution < -0.4 is 9.21 Å². The lowest BCUT2D eigenvalue weighted by Crippen LogP contribution is -2.51. The molecule has 132 valence electrons. The fourth-order valence-corrected chi connectivity index (χ4v) is 4.94. The van der Waals surface area contributed by atoms with Gasteiger partial charge in [-0.05, 0) is 36.8 Å². The second-order valence-electron chi connectivity index (χ2n) is 6.14. The molecule has 7 heteroatoms. The third-order valence-corrected chi connectivity index (χ3v) is 6.19. The Kier molecular flexibility index (Phi) is 4.75. The number of hydrogen-bond acceptors (Lipinski definition) is 3. The second kappa shape index (κ2) is 6.69. The highest BCUT2D eigenvalue weighted by Crippen LogP contribution is 2.37. The maximum Gasteiger partial charge on any atom is 0.239 e. The molecular formula is C18H19ClN2O3S. The SMILES string of the molecule is CC(=O)N1c2ccccc2N(S(=O)(=O)Cc2ccc(Cl)cc2)CC1C. The first-order valence-electron chi connectivity index (χ1n) is 7.93. The van der Waals surface area contributed by atoms with E-state index in [4.69, 9.17) is 11.6 Å². The molecule has 1 heterocycles. The average molecular weight is 379 g/mol. The second-order valence-corrected chi connectivity index (χ2v) is 8.47. The van der Waals surface area contributed by atoms with E-state index in [2.05, 4.69) is 0 Å². The van der Waals surface area contributed by atoms with Gasteiger partial charge in [0.25, 0.3) is 0 Å². The van der Waals surface area contributed by atoms with E-state index in [1.165, 1.54) is 11.2 Å². The molecule has 0 aliphatic carbocycles. The first-order chi connectivity index (χ1) is 11.8. The number of nitrogens with zero attached hydrogens (tertiary/aromatic N) is 2. The van der Waals surface area contributed by atoms with Gasteiger partial charge in [-0.15, -0.1) is 0 Å². The first-order valence-corrected chi connectivity index (χ1v) is 9.92. The molecule has 1 aliphatic heterocycles. The van der Waals surface area contributed by atoms with Crippen molar-refractivity contribution in [1.29, 1.82) is 0 Å². The van der Waals surface area contributed by atoms with Gasteiger partial charge in [-0.1, -0.05) is 35.9 Å². The average Bonchev–Trinajstić information content (AvgIpc) is 2.55. The summed E-state index contributed by atoms with van der Waals surface area (Å²) in [6.07, 6.45) is 0. The fourth-order valence-electron chi connectivity index (χ4n) is 3.15. The number of anilines is 2. The van der Waals surface area contributed by atoms with Gasteiger partial charge in [0, 0.05) is 11.9 Å². The summed E-state index contributed by atoms with van der Waals surface area (Å²) in [6, 6.07) is 13.6. The Morgan fingerprint density at radius 1 is 1.12 bits per heavy atom. The van der Waals surface area contributed by atoms with Gasteiger partial charge in [0.15, 0.2) is 0 Å². The predicted octanol–water partition coefficient (Wildman–Crippen LogP) is 3.43. The number of carbonyl (C=O) groups excluding carboxylic acids is 1. The van der Waals surface area contributed by atoms with Crippen LogP contribution in [0.15, 0.2) is 48.5 Å². The van der Waals surface area contributed by atoms with Crippen LogP contribution >= 0.6 is 11.6 Å². The number of benzene rings is 2. The Bertz CT molecular complexity index is 897. The summed E-state index contributed by atoms with van der Waals surface area (Å²) in [7, 11) is -3.59. The molecule has 3 rings (SSSR count). The molecule has 0 radical (unpaired) electrons. The van der Waals surface area contributed by atoms with Crippen molar-refractivity contribution in [3.63, 3.8) is 0 Å². The molecule has 2 aromatic rings. The van der Waals surface area contributed by atoms with Crippen LogP contribution in [0, 0.1) is 0 Å². The van der Waals surface area contributed by atoms with Gasteiger partial charge < -0.3 is 4.90 Å². The molecule has 1 atom stereocenters. The van der Waals surface area contributed by atoms with E-state index in [0.29, 0.717) is 22.0 Å². The van der Waals surface area contributed by atoms with E-state index in [1.807, 2.05) is 6.92 Å². The maximum atomic E-state index is 13.0. The van der Waals surface area contributed by atoms with Crippen molar-refractivity contribution in [2.45, 2.75) is 25.6 Å². The van der Waals surface area contributed by atoms with Gasteiger partial charge in [-0.3, -0.25) is 9.10 Å². The third kappa shape index (κ3) is 3.50. The smallest absolute Gasteiger partial charge is 0.239 e. The Balaban J connectivity index is 2.00.